The molecule has 0 saturated carbocycles. The third-order valence-corrected chi connectivity index (χ3v) is 4.27. The summed E-state index contributed by atoms with van der Waals surface area (Å²) in [5.41, 5.74) is 3.06. The van der Waals surface area contributed by atoms with Crippen molar-refractivity contribution in [1.29, 1.82) is 0 Å². The van der Waals surface area contributed by atoms with Crippen LogP contribution in [0.5, 0.6) is 0 Å². The van der Waals surface area contributed by atoms with Gasteiger partial charge in [-0.05, 0) is 37.1 Å². The van der Waals surface area contributed by atoms with Crippen LogP contribution in [0.1, 0.15) is 51.6 Å². The van der Waals surface area contributed by atoms with Crippen LogP contribution in [0.25, 0.3) is 11.0 Å². The number of unbranched alkanes of at least 4 members (excludes halogenated alkanes) is 4. The summed E-state index contributed by atoms with van der Waals surface area (Å²) in [5.74, 6) is 0. The molecule has 0 aliphatic rings. The molecule has 24 heavy (non-hydrogen) atoms. The van der Waals surface area contributed by atoms with Gasteiger partial charge in [0.05, 0.1) is 5.52 Å². The fraction of sp³-hybridized carbons (Fsp3) is 0.421. The lowest BCUT2D eigenvalue weighted by Crippen LogP contribution is -2.19. The number of pyridine rings is 1. The van der Waals surface area contributed by atoms with Crippen molar-refractivity contribution in [2.24, 2.45) is 0 Å². The Kier molecular flexibility index (Phi) is 5.77. The van der Waals surface area contributed by atoms with E-state index in [9.17, 15) is 0 Å². The summed E-state index contributed by atoms with van der Waals surface area (Å²) in [6.07, 6.45) is 11.1. The second-order valence-electron chi connectivity index (χ2n) is 6.12. The number of hydrogen-bond acceptors (Lipinski definition) is 4. The average molecular weight is 323 g/mol. The topological polar surface area (TPSA) is 55.6 Å². The van der Waals surface area contributed by atoms with E-state index in [2.05, 4.69) is 33.6 Å². The molecule has 0 bridgehead atoms. The summed E-state index contributed by atoms with van der Waals surface area (Å²) in [4.78, 5) is 4.09. The molecule has 3 rings (SSSR count). The molecule has 2 heterocycles. The molecule has 0 amide bonds. The van der Waals surface area contributed by atoms with E-state index in [0.717, 1.165) is 23.1 Å². The molecule has 5 heteroatoms. The Labute approximate surface area is 143 Å². The summed E-state index contributed by atoms with van der Waals surface area (Å²) in [6, 6.07) is 12.1. The van der Waals surface area contributed by atoms with Crippen LogP contribution in [0, 0.1) is 0 Å². The Morgan fingerprint density at radius 3 is 2.62 bits per heavy atom. The van der Waals surface area contributed by atoms with Crippen LogP contribution in [0.15, 0.2) is 48.8 Å². The quantitative estimate of drug-likeness (QED) is 0.575. The van der Waals surface area contributed by atoms with Crippen LogP contribution >= 0.6 is 0 Å². The fourth-order valence-corrected chi connectivity index (χ4v) is 2.95. The largest absolute Gasteiger partial charge is 0.364 e. The molecule has 0 radical (unpaired) electrons. The number of rotatable bonds is 9. The van der Waals surface area contributed by atoms with Crippen LogP contribution in [-0.2, 0) is 0 Å². The lowest BCUT2D eigenvalue weighted by molar-refractivity contribution is 0.445. The van der Waals surface area contributed by atoms with E-state index in [-0.39, 0.29) is 6.17 Å². The van der Waals surface area contributed by atoms with Crippen LogP contribution in [-0.4, -0.2) is 20.0 Å². The van der Waals surface area contributed by atoms with Gasteiger partial charge in [-0.1, -0.05) is 50.0 Å². The highest BCUT2D eigenvalue weighted by molar-refractivity contribution is 5.74. The first-order valence-electron chi connectivity index (χ1n) is 8.85. The van der Waals surface area contributed by atoms with Crippen LogP contribution in [0.4, 0.5) is 5.69 Å². The molecule has 1 atom stereocenters. The molecule has 1 aromatic carbocycles. The normalized spacial score (nSPS) is 12.4. The van der Waals surface area contributed by atoms with E-state index >= 15 is 0 Å². The molecule has 0 aliphatic heterocycles. The average Bonchev–Trinajstić information content (AvgIpc) is 3.05. The van der Waals surface area contributed by atoms with Gasteiger partial charge in [-0.15, -0.1) is 5.10 Å². The Bertz CT molecular complexity index is 738. The van der Waals surface area contributed by atoms with Gasteiger partial charge in [-0.25, -0.2) is 4.68 Å². The van der Waals surface area contributed by atoms with Crippen molar-refractivity contribution in [2.45, 2.75) is 51.6 Å². The minimum Gasteiger partial charge on any atom is -0.364 e. The Hall–Kier alpha value is -2.43. The number of nitrogens with one attached hydrogen (secondary N) is 1. The molecular formula is C19H25N5. The third kappa shape index (κ3) is 4.10. The van der Waals surface area contributed by atoms with Gasteiger partial charge in [0.15, 0.2) is 0 Å². The van der Waals surface area contributed by atoms with E-state index in [1.54, 1.807) is 12.4 Å². The molecule has 0 fully saturated rings. The fourth-order valence-electron chi connectivity index (χ4n) is 2.95. The number of fused-ring (bicyclic) bond motifs is 1. The van der Waals surface area contributed by atoms with Crippen LogP contribution < -0.4 is 5.32 Å². The molecule has 126 valence electrons. The van der Waals surface area contributed by atoms with E-state index in [0.29, 0.717) is 0 Å². The van der Waals surface area contributed by atoms with Gasteiger partial charge in [-0.3, -0.25) is 4.98 Å². The molecule has 3 aromatic rings. The molecule has 0 saturated heterocycles. The van der Waals surface area contributed by atoms with E-state index in [4.69, 9.17) is 0 Å². The van der Waals surface area contributed by atoms with Gasteiger partial charge in [0.2, 0.25) is 0 Å². The second-order valence-corrected chi connectivity index (χ2v) is 6.12. The van der Waals surface area contributed by atoms with Crippen molar-refractivity contribution in [3.63, 3.8) is 0 Å². The lowest BCUT2D eigenvalue weighted by atomic mass is 10.1. The van der Waals surface area contributed by atoms with Crippen molar-refractivity contribution in [1.82, 2.24) is 20.0 Å². The standard InChI is InChI=1S/C19H25N5/c1-2-3-4-5-6-11-19(21-16-12-14-20-15-13-16)24-18-10-8-7-9-17(18)22-23-24/h7-10,12-15,19H,2-6,11H2,1H3,(H,20,21). The molecular weight excluding hydrogens is 298 g/mol. The summed E-state index contributed by atoms with van der Waals surface area (Å²) < 4.78 is 2.01. The summed E-state index contributed by atoms with van der Waals surface area (Å²) in [7, 11) is 0. The first-order chi connectivity index (χ1) is 11.9. The molecule has 2 aromatic heterocycles. The second kappa shape index (κ2) is 8.43. The minimum atomic E-state index is 0.0985. The molecule has 0 aliphatic carbocycles. The molecule has 1 N–H and O–H groups in total. The molecule has 0 spiro atoms. The SMILES string of the molecule is CCCCCCCC(Nc1ccncc1)n1nnc2ccccc21. The maximum absolute atomic E-state index is 4.40. The van der Waals surface area contributed by atoms with Crippen molar-refractivity contribution in [3.05, 3.63) is 48.8 Å². The summed E-state index contributed by atoms with van der Waals surface area (Å²) in [5, 5.41) is 12.3. The maximum Gasteiger partial charge on any atom is 0.123 e. The van der Waals surface area contributed by atoms with E-state index in [1.165, 1.54) is 32.1 Å². The zero-order valence-electron chi connectivity index (χ0n) is 14.2. The van der Waals surface area contributed by atoms with Crippen molar-refractivity contribution >= 4 is 16.7 Å². The van der Waals surface area contributed by atoms with Crippen molar-refractivity contribution in [2.75, 3.05) is 5.32 Å². The zero-order chi connectivity index (χ0) is 16.6. The first kappa shape index (κ1) is 16.4. The highest BCUT2D eigenvalue weighted by Gasteiger charge is 2.15. The van der Waals surface area contributed by atoms with Crippen LogP contribution in [0.2, 0.25) is 0 Å². The Morgan fingerprint density at radius 1 is 1.00 bits per heavy atom. The summed E-state index contributed by atoms with van der Waals surface area (Å²) >= 11 is 0. The summed E-state index contributed by atoms with van der Waals surface area (Å²) in [6.45, 7) is 2.25. The Balaban J connectivity index is 1.76. The number of benzene rings is 1. The van der Waals surface area contributed by atoms with Gasteiger partial charge in [0.25, 0.3) is 0 Å². The predicted molar refractivity (Wildman–Crippen MR) is 97.8 cm³/mol. The number of hydrogen-bond donors (Lipinski definition) is 1. The van der Waals surface area contributed by atoms with Gasteiger partial charge in [-0.2, -0.15) is 0 Å². The van der Waals surface area contributed by atoms with Gasteiger partial charge in [0.1, 0.15) is 11.7 Å². The van der Waals surface area contributed by atoms with Gasteiger partial charge >= 0.3 is 0 Å². The van der Waals surface area contributed by atoms with Gasteiger partial charge in [0, 0.05) is 18.1 Å². The number of anilines is 1. The highest BCUT2D eigenvalue weighted by Crippen LogP contribution is 2.23. The number of para-hydroxylation sites is 1. The number of aromatic nitrogens is 4. The Morgan fingerprint density at radius 2 is 1.79 bits per heavy atom. The molecule has 5 nitrogen and oxygen atoms in total. The smallest absolute Gasteiger partial charge is 0.123 e. The van der Waals surface area contributed by atoms with E-state index in [1.807, 2.05) is 35.0 Å². The van der Waals surface area contributed by atoms with Gasteiger partial charge < -0.3 is 5.32 Å². The highest BCUT2D eigenvalue weighted by atomic mass is 15.5. The molecule has 1 unspecified atom stereocenters. The maximum atomic E-state index is 4.40. The minimum absolute atomic E-state index is 0.0985. The number of nitrogens with zero attached hydrogens (tertiary/aromatic N) is 4. The van der Waals surface area contributed by atoms with Crippen LogP contribution in [0.3, 0.4) is 0 Å². The third-order valence-electron chi connectivity index (χ3n) is 4.27. The predicted octanol–water partition coefficient (Wildman–Crippen LogP) is 4.80. The monoisotopic (exact) mass is 323 g/mol. The van der Waals surface area contributed by atoms with Crippen molar-refractivity contribution < 1.29 is 0 Å². The lowest BCUT2D eigenvalue weighted by Gasteiger charge is -2.20. The van der Waals surface area contributed by atoms with Crippen molar-refractivity contribution in [3.8, 4) is 0 Å². The zero-order valence-corrected chi connectivity index (χ0v) is 14.2. The first-order valence-corrected chi connectivity index (χ1v) is 8.85. The van der Waals surface area contributed by atoms with E-state index < -0.39 is 0 Å².